The summed E-state index contributed by atoms with van der Waals surface area (Å²) in [6.07, 6.45) is -0.657. The van der Waals surface area contributed by atoms with Gasteiger partial charge in [0.1, 0.15) is 0 Å². The Morgan fingerprint density at radius 1 is 1.19 bits per heavy atom. The summed E-state index contributed by atoms with van der Waals surface area (Å²) >= 11 is 1.50. The monoisotopic (exact) mass is 365 g/mol. The highest BCUT2D eigenvalue weighted by Crippen LogP contribution is 2.27. The van der Waals surface area contributed by atoms with Crippen LogP contribution in [0.1, 0.15) is 35.0 Å². The summed E-state index contributed by atoms with van der Waals surface area (Å²) in [6.45, 7) is 3.55. The number of aromatic nitrogens is 3. The first-order valence-corrected chi connectivity index (χ1v) is 8.94. The molecule has 4 aromatic rings. The maximum absolute atomic E-state index is 12.7. The Labute approximate surface area is 153 Å². The normalized spacial score (nSPS) is 12.2. The van der Waals surface area contributed by atoms with Gasteiger partial charge in [-0.2, -0.15) is 0 Å². The van der Waals surface area contributed by atoms with Crippen molar-refractivity contribution in [3.8, 4) is 10.8 Å². The third-order valence-corrected chi connectivity index (χ3v) is 4.73. The molecular formula is C19H15N3O3S. The van der Waals surface area contributed by atoms with Gasteiger partial charge in [0.2, 0.25) is 0 Å². The van der Waals surface area contributed by atoms with Gasteiger partial charge in [-0.1, -0.05) is 24.3 Å². The molecule has 4 rings (SSSR count). The maximum Gasteiger partial charge on any atom is 0.339 e. The quantitative estimate of drug-likeness (QED) is 0.493. The molecule has 0 amide bonds. The number of benzene rings is 1. The van der Waals surface area contributed by atoms with Crippen molar-refractivity contribution in [3.63, 3.8) is 0 Å². The second-order valence-corrected chi connectivity index (χ2v) is 6.75. The highest BCUT2D eigenvalue weighted by Gasteiger charge is 2.21. The first kappa shape index (κ1) is 16.4. The number of rotatable bonds is 4. The summed E-state index contributed by atoms with van der Waals surface area (Å²) in [6, 6.07) is 13.0. The number of ether oxygens (including phenoxy) is 1. The summed E-state index contributed by atoms with van der Waals surface area (Å²) in [4.78, 5) is 18.0. The molecule has 0 N–H and O–H groups in total. The van der Waals surface area contributed by atoms with Gasteiger partial charge in [-0.3, -0.25) is 4.98 Å². The molecular weight excluding hydrogens is 350 g/mol. The van der Waals surface area contributed by atoms with Crippen molar-refractivity contribution in [2.24, 2.45) is 0 Å². The Morgan fingerprint density at radius 2 is 2.04 bits per heavy atom. The largest absolute Gasteiger partial charge is 0.449 e. The van der Waals surface area contributed by atoms with E-state index in [1.165, 1.54) is 11.3 Å². The molecule has 7 heteroatoms. The zero-order valence-electron chi connectivity index (χ0n) is 14.2. The zero-order valence-corrected chi connectivity index (χ0v) is 15.0. The molecule has 3 heterocycles. The molecule has 3 aromatic heterocycles. The van der Waals surface area contributed by atoms with Crippen LogP contribution < -0.4 is 0 Å². The molecule has 0 saturated carbocycles. The third-order valence-electron chi connectivity index (χ3n) is 3.87. The minimum Gasteiger partial charge on any atom is -0.449 e. The van der Waals surface area contributed by atoms with Crippen molar-refractivity contribution < 1.29 is 13.9 Å². The number of fused-ring (bicyclic) bond motifs is 1. The van der Waals surface area contributed by atoms with Gasteiger partial charge in [0.25, 0.3) is 11.8 Å². The van der Waals surface area contributed by atoms with E-state index >= 15 is 0 Å². The molecule has 0 fully saturated rings. The van der Waals surface area contributed by atoms with E-state index in [0.29, 0.717) is 11.5 Å². The molecule has 1 unspecified atom stereocenters. The van der Waals surface area contributed by atoms with E-state index < -0.39 is 12.1 Å². The number of nitrogens with zero attached hydrogens (tertiary/aromatic N) is 3. The molecule has 0 aliphatic carbocycles. The van der Waals surface area contributed by atoms with Crippen LogP contribution in [0.25, 0.3) is 21.7 Å². The second-order valence-electron chi connectivity index (χ2n) is 5.80. The summed E-state index contributed by atoms with van der Waals surface area (Å²) in [5.74, 6) is 0.231. The number of carbonyl (C=O) groups is 1. The van der Waals surface area contributed by atoms with Crippen LogP contribution in [0, 0.1) is 6.92 Å². The van der Waals surface area contributed by atoms with Gasteiger partial charge in [0, 0.05) is 11.1 Å². The number of hydrogen-bond donors (Lipinski definition) is 0. The fraction of sp³-hybridized carbons (Fsp3) is 0.158. The average molecular weight is 365 g/mol. The lowest BCUT2D eigenvalue weighted by Crippen LogP contribution is -2.11. The molecule has 0 aliphatic heterocycles. The Hall–Kier alpha value is -3.06. The van der Waals surface area contributed by atoms with Crippen LogP contribution in [0.5, 0.6) is 0 Å². The number of esters is 1. The number of aryl methyl sites for hydroxylation is 1. The van der Waals surface area contributed by atoms with E-state index in [2.05, 4.69) is 15.2 Å². The van der Waals surface area contributed by atoms with Crippen LogP contribution in [-0.2, 0) is 4.74 Å². The molecule has 1 aromatic carbocycles. The van der Waals surface area contributed by atoms with Crippen molar-refractivity contribution >= 4 is 28.2 Å². The van der Waals surface area contributed by atoms with Gasteiger partial charge in [0.05, 0.1) is 16.0 Å². The van der Waals surface area contributed by atoms with E-state index in [4.69, 9.17) is 9.15 Å². The molecule has 0 aliphatic rings. The molecule has 26 heavy (non-hydrogen) atoms. The number of thiophene rings is 1. The van der Waals surface area contributed by atoms with Crippen LogP contribution in [0.3, 0.4) is 0 Å². The first-order chi connectivity index (χ1) is 12.6. The first-order valence-electron chi connectivity index (χ1n) is 8.06. The molecule has 0 spiro atoms. The number of carbonyl (C=O) groups excluding carboxylic acids is 1. The lowest BCUT2D eigenvalue weighted by molar-refractivity contribution is 0.0282. The van der Waals surface area contributed by atoms with E-state index in [1.807, 2.05) is 48.7 Å². The van der Waals surface area contributed by atoms with Crippen molar-refractivity contribution in [2.45, 2.75) is 20.0 Å². The Kier molecular flexibility index (Phi) is 4.22. The van der Waals surface area contributed by atoms with E-state index in [-0.39, 0.29) is 5.89 Å². The standard InChI is InChI=1S/C19H15N3O3S/c1-11-10-14(13-6-3-4-7-15(13)20-11)19(23)24-12(2)17-21-22-18(25-17)16-8-5-9-26-16/h3-10,12H,1-2H3. The van der Waals surface area contributed by atoms with Crippen molar-refractivity contribution in [2.75, 3.05) is 0 Å². The zero-order chi connectivity index (χ0) is 18.1. The Bertz CT molecular complexity index is 1070. The third kappa shape index (κ3) is 3.09. The summed E-state index contributed by atoms with van der Waals surface area (Å²) in [7, 11) is 0. The van der Waals surface area contributed by atoms with Crippen LogP contribution >= 0.6 is 11.3 Å². The van der Waals surface area contributed by atoms with E-state index in [9.17, 15) is 4.79 Å². The van der Waals surface area contributed by atoms with Gasteiger partial charge < -0.3 is 9.15 Å². The number of hydrogen-bond acceptors (Lipinski definition) is 7. The highest BCUT2D eigenvalue weighted by molar-refractivity contribution is 7.13. The van der Waals surface area contributed by atoms with Gasteiger partial charge in [0.15, 0.2) is 6.10 Å². The van der Waals surface area contributed by atoms with Crippen LogP contribution in [-0.4, -0.2) is 21.2 Å². The van der Waals surface area contributed by atoms with Crippen LogP contribution in [0.2, 0.25) is 0 Å². The van der Waals surface area contributed by atoms with E-state index in [1.54, 1.807) is 13.0 Å². The Balaban J connectivity index is 1.59. The molecule has 1 atom stereocenters. The van der Waals surface area contributed by atoms with Gasteiger partial charge in [-0.15, -0.1) is 21.5 Å². The highest BCUT2D eigenvalue weighted by atomic mass is 32.1. The molecule has 0 saturated heterocycles. The lowest BCUT2D eigenvalue weighted by atomic mass is 10.1. The minimum atomic E-state index is -0.657. The second kappa shape index (κ2) is 6.68. The van der Waals surface area contributed by atoms with E-state index in [0.717, 1.165) is 21.5 Å². The van der Waals surface area contributed by atoms with Gasteiger partial charge in [-0.25, -0.2) is 4.79 Å². The van der Waals surface area contributed by atoms with Gasteiger partial charge in [-0.05, 0) is 37.4 Å². The Morgan fingerprint density at radius 3 is 2.85 bits per heavy atom. The summed E-state index contributed by atoms with van der Waals surface area (Å²) in [5, 5.41) is 10.7. The smallest absolute Gasteiger partial charge is 0.339 e. The van der Waals surface area contributed by atoms with Gasteiger partial charge >= 0.3 is 5.97 Å². The van der Waals surface area contributed by atoms with Crippen molar-refractivity contribution in [1.29, 1.82) is 0 Å². The molecule has 6 nitrogen and oxygen atoms in total. The summed E-state index contributed by atoms with van der Waals surface area (Å²) in [5.41, 5.74) is 1.98. The summed E-state index contributed by atoms with van der Waals surface area (Å²) < 4.78 is 11.2. The maximum atomic E-state index is 12.7. The predicted octanol–water partition coefficient (Wildman–Crippen LogP) is 4.57. The predicted molar refractivity (Wildman–Crippen MR) is 97.9 cm³/mol. The number of pyridine rings is 1. The van der Waals surface area contributed by atoms with Crippen LogP contribution in [0.4, 0.5) is 0 Å². The van der Waals surface area contributed by atoms with Crippen molar-refractivity contribution in [1.82, 2.24) is 15.2 Å². The van der Waals surface area contributed by atoms with Crippen molar-refractivity contribution in [3.05, 3.63) is 65.0 Å². The topological polar surface area (TPSA) is 78.1 Å². The fourth-order valence-electron chi connectivity index (χ4n) is 2.65. The molecule has 0 bridgehead atoms. The average Bonchev–Trinajstić information content (AvgIpc) is 3.32. The molecule has 0 radical (unpaired) electrons. The lowest BCUT2D eigenvalue weighted by Gasteiger charge is -2.11. The fourth-order valence-corrected chi connectivity index (χ4v) is 3.29. The van der Waals surface area contributed by atoms with Crippen LogP contribution in [0.15, 0.2) is 52.3 Å². The SMILES string of the molecule is Cc1cc(C(=O)OC(C)c2nnc(-c3cccs3)o2)c2ccccc2n1. The minimum absolute atomic E-state index is 0.261. The molecule has 130 valence electrons. The number of para-hydroxylation sites is 1.